The molecule has 2 aromatic heterocycles. The highest BCUT2D eigenvalue weighted by Gasteiger charge is 2.18. The number of aryl methyl sites for hydroxylation is 1. The Morgan fingerprint density at radius 1 is 1.15 bits per heavy atom. The van der Waals surface area contributed by atoms with Crippen LogP contribution in [0.25, 0.3) is 21.0 Å². The number of fused-ring (bicyclic) bond motifs is 4. The molecule has 5 rings (SSSR count). The molecule has 132 valence electrons. The lowest BCUT2D eigenvalue weighted by atomic mass is 10.0. The Bertz CT molecular complexity index is 1110. The SMILES string of the molecule is Cc1ccc2sc(SNc3ccc4[nH]c5c(c4c3)CCN(C)C5)cc2c1. The van der Waals surface area contributed by atoms with Crippen LogP contribution in [0.15, 0.2) is 46.7 Å². The number of likely N-dealkylation sites (N-methyl/N-ethyl adjacent to an activating group) is 1. The average molecular weight is 380 g/mol. The van der Waals surface area contributed by atoms with Crippen molar-refractivity contribution in [3.63, 3.8) is 0 Å². The van der Waals surface area contributed by atoms with Crippen LogP contribution in [0.4, 0.5) is 5.69 Å². The molecule has 2 aromatic carbocycles. The summed E-state index contributed by atoms with van der Waals surface area (Å²) >= 11 is 3.55. The average Bonchev–Trinajstić information content (AvgIpc) is 3.19. The molecule has 5 heteroatoms. The molecule has 0 fully saturated rings. The third kappa shape index (κ3) is 2.90. The molecule has 0 atom stereocenters. The highest BCUT2D eigenvalue weighted by Crippen LogP contribution is 2.35. The van der Waals surface area contributed by atoms with Crippen LogP contribution in [0.3, 0.4) is 0 Å². The van der Waals surface area contributed by atoms with E-state index >= 15 is 0 Å². The third-order valence-electron chi connectivity index (χ3n) is 5.08. The summed E-state index contributed by atoms with van der Waals surface area (Å²) in [6.45, 7) is 4.29. The number of aromatic nitrogens is 1. The highest BCUT2D eigenvalue weighted by molar-refractivity contribution is 8.02. The van der Waals surface area contributed by atoms with E-state index in [4.69, 9.17) is 0 Å². The molecule has 2 N–H and O–H groups in total. The van der Waals surface area contributed by atoms with Crippen LogP contribution in [0.1, 0.15) is 16.8 Å². The van der Waals surface area contributed by atoms with E-state index in [1.54, 1.807) is 11.9 Å². The van der Waals surface area contributed by atoms with Gasteiger partial charge in [-0.3, -0.25) is 0 Å². The van der Waals surface area contributed by atoms with Gasteiger partial charge in [-0.1, -0.05) is 17.7 Å². The molecule has 4 aromatic rings. The monoisotopic (exact) mass is 379 g/mol. The molecule has 3 heterocycles. The molecule has 0 unspecified atom stereocenters. The first-order chi connectivity index (χ1) is 12.7. The van der Waals surface area contributed by atoms with Crippen molar-refractivity contribution in [1.82, 2.24) is 9.88 Å². The third-order valence-corrected chi connectivity index (χ3v) is 7.15. The summed E-state index contributed by atoms with van der Waals surface area (Å²) in [4.78, 5) is 5.97. The number of nitrogens with zero attached hydrogens (tertiary/aromatic N) is 1. The lowest BCUT2D eigenvalue weighted by molar-refractivity contribution is 0.310. The molecule has 0 spiro atoms. The predicted molar refractivity (Wildman–Crippen MR) is 114 cm³/mol. The molecule has 26 heavy (non-hydrogen) atoms. The van der Waals surface area contributed by atoms with Gasteiger partial charge in [0.2, 0.25) is 0 Å². The zero-order chi connectivity index (χ0) is 17.7. The Morgan fingerprint density at radius 3 is 3.00 bits per heavy atom. The second-order valence-electron chi connectivity index (χ2n) is 7.14. The van der Waals surface area contributed by atoms with Crippen LogP contribution in [0.5, 0.6) is 0 Å². The standard InChI is InChI=1S/C21H21N3S2/c1-13-3-6-20-14(9-13)10-21(25-20)26-23-15-4-5-18-17(11-15)16-7-8-24(2)12-19(16)22-18/h3-6,9-11,22-23H,7-8,12H2,1-2H3. The first kappa shape index (κ1) is 16.2. The van der Waals surface area contributed by atoms with E-state index in [1.165, 1.54) is 42.0 Å². The number of hydrogen-bond donors (Lipinski definition) is 2. The molecule has 0 radical (unpaired) electrons. The van der Waals surface area contributed by atoms with E-state index in [1.807, 2.05) is 11.3 Å². The zero-order valence-corrected chi connectivity index (χ0v) is 16.6. The molecular weight excluding hydrogens is 358 g/mol. The number of H-pyrrole nitrogens is 1. The van der Waals surface area contributed by atoms with Gasteiger partial charge in [-0.2, -0.15) is 0 Å². The summed E-state index contributed by atoms with van der Waals surface area (Å²) in [7, 11) is 2.19. The molecule has 1 aliphatic heterocycles. The van der Waals surface area contributed by atoms with Gasteiger partial charge < -0.3 is 14.6 Å². The fraction of sp³-hybridized carbons (Fsp3) is 0.238. The summed E-state index contributed by atoms with van der Waals surface area (Å²) in [6.07, 6.45) is 1.12. The number of rotatable bonds is 3. The van der Waals surface area contributed by atoms with Crippen molar-refractivity contribution in [2.24, 2.45) is 0 Å². The van der Waals surface area contributed by atoms with Crippen molar-refractivity contribution in [2.75, 3.05) is 18.3 Å². The van der Waals surface area contributed by atoms with Crippen molar-refractivity contribution >= 4 is 50.0 Å². The molecular formula is C21H21N3S2. The fourth-order valence-corrected chi connectivity index (χ4v) is 5.60. The van der Waals surface area contributed by atoms with Gasteiger partial charge in [-0.25, -0.2) is 0 Å². The van der Waals surface area contributed by atoms with Crippen molar-refractivity contribution < 1.29 is 0 Å². The van der Waals surface area contributed by atoms with Gasteiger partial charge in [0.1, 0.15) is 0 Å². The van der Waals surface area contributed by atoms with Gasteiger partial charge in [-0.05, 0) is 73.6 Å². The quantitative estimate of drug-likeness (QED) is 0.441. The van der Waals surface area contributed by atoms with E-state index in [2.05, 4.69) is 71.0 Å². The number of nitrogens with one attached hydrogen (secondary N) is 2. The van der Waals surface area contributed by atoms with Crippen molar-refractivity contribution in [1.29, 1.82) is 0 Å². The Balaban J connectivity index is 1.40. The predicted octanol–water partition coefficient (Wildman–Crippen LogP) is 5.80. The minimum absolute atomic E-state index is 1.02. The van der Waals surface area contributed by atoms with E-state index in [0.29, 0.717) is 0 Å². The molecule has 3 nitrogen and oxygen atoms in total. The molecule has 0 saturated carbocycles. The van der Waals surface area contributed by atoms with Gasteiger partial charge in [0.25, 0.3) is 0 Å². The number of anilines is 1. The number of benzene rings is 2. The van der Waals surface area contributed by atoms with Crippen molar-refractivity contribution in [2.45, 2.75) is 24.1 Å². The second kappa shape index (κ2) is 6.34. The van der Waals surface area contributed by atoms with Crippen LogP contribution >= 0.6 is 23.3 Å². The van der Waals surface area contributed by atoms with E-state index in [9.17, 15) is 0 Å². The van der Waals surface area contributed by atoms with Crippen molar-refractivity contribution in [3.8, 4) is 0 Å². The van der Waals surface area contributed by atoms with Gasteiger partial charge in [0.15, 0.2) is 0 Å². The van der Waals surface area contributed by atoms with E-state index < -0.39 is 0 Å². The maximum Gasteiger partial charge on any atom is 0.0820 e. The Morgan fingerprint density at radius 2 is 2.08 bits per heavy atom. The maximum absolute atomic E-state index is 3.60. The van der Waals surface area contributed by atoms with Gasteiger partial charge in [0, 0.05) is 40.1 Å². The molecule has 1 aliphatic rings. The smallest absolute Gasteiger partial charge is 0.0820 e. The van der Waals surface area contributed by atoms with Crippen molar-refractivity contribution in [3.05, 3.63) is 59.3 Å². The summed E-state index contributed by atoms with van der Waals surface area (Å²) in [5, 5.41) is 2.70. The normalized spacial score (nSPS) is 14.8. The molecule has 0 saturated heterocycles. The van der Waals surface area contributed by atoms with Crippen LogP contribution in [-0.2, 0) is 13.0 Å². The van der Waals surface area contributed by atoms with Gasteiger partial charge >= 0.3 is 0 Å². The topological polar surface area (TPSA) is 31.1 Å². The second-order valence-corrected chi connectivity index (χ2v) is 9.33. The Labute approximate surface area is 161 Å². The lowest BCUT2D eigenvalue weighted by Crippen LogP contribution is -2.26. The van der Waals surface area contributed by atoms with Gasteiger partial charge in [-0.15, -0.1) is 11.3 Å². The summed E-state index contributed by atoms with van der Waals surface area (Å²) in [5.41, 5.74) is 6.59. The first-order valence-corrected chi connectivity index (χ1v) is 10.5. The molecule has 0 aliphatic carbocycles. The van der Waals surface area contributed by atoms with Crippen LogP contribution in [-0.4, -0.2) is 23.5 Å². The van der Waals surface area contributed by atoms with Gasteiger partial charge in [0.05, 0.1) is 4.21 Å². The summed E-state index contributed by atoms with van der Waals surface area (Å²) in [6, 6.07) is 15.6. The fourth-order valence-electron chi connectivity index (χ4n) is 3.74. The minimum atomic E-state index is 1.02. The summed E-state index contributed by atoms with van der Waals surface area (Å²) in [5.74, 6) is 0. The molecule has 0 bridgehead atoms. The Kier molecular flexibility index (Phi) is 3.96. The number of aromatic amines is 1. The van der Waals surface area contributed by atoms with E-state index in [-0.39, 0.29) is 0 Å². The lowest BCUT2D eigenvalue weighted by Gasteiger charge is -2.22. The number of hydrogen-bond acceptors (Lipinski definition) is 4. The highest BCUT2D eigenvalue weighted by atomic mass is 32.2. The Hall–Kier alpha value is -1.95. The molecule has 0 amide bonds. The van der Waals surface area contributed by atoms with E-state index in [0.717, 1.165) is 25.2 Å². The first-order valence-electron chi connectivity index (χ1n) is 8.91. The number of thiophene rings is 1. The largest absolute Gasteiger partial charge is 0.357 e. The van der Waals surface area contributed by atoms with Crippen LogP contribution < -0.4 is 4.72 Å². The zero-order valence-electron chi connectivity index (χ0n) is 14.9. The summed E-state index contributed by atoms with van der Waals surface area (Å²) < 4.78 is 6.18. The maximum atomic E-state index is 3.60. The van der Waals surface area contributed by atoms with Crippen LogP contribution in [0, 0.1) is 6.92 Å². The van der Waals surface area contributed by atoms with Crippen LogP contribution in [0.2, 0.25) is 0 Å². The minimum Gasteiger partial charge on any atom is -0.357 e.